The number of amides is 1. The highest BCUT2D eigenvalue weighted by Crippen LogP contribution is 2.28. The fourth-order valence-electron chi connectivity index (χ4n) is 2.59. The summed E-state index contributed by atoms with van der Waals surface area (Å²) in [5.41, 5.74) is 1.26. The van der Waals surface area contributed by atoms with E-state index in [2.05, 4.69) is 15.0 Å². The molecule has 1 heterocycles. The molecule has 0 radical (unpaired) electrons. The van der Waals surface area contributed by atoms with Crippen LogP contribution < -0.4 is 10.0 Å². The lowest BCUT2D eigenvalue weighted by Crippen LogP contribution is -2.20. The van der Waals surface area contributed by atoms with E-state index in [4.69, 9.17) is 11.6 Å². The predicted molar refractivity (Wildman–Crippen MR) is 112 cm³/mol. The first-order valence-electron chi connectivity index (χ1n) is 8.45. The number of aryl methyl sites for hydroxylation is 1. The molecule has 29 heavy (non-hydrogen) atoms. The summed E-state index contributed by atoms with van der Waals surface area (Å²) in [7, 11) is -2.57. The summed E-state index contributed by atoms with van der Waals surface area (Å²) in [6.45, 7) is 1.80. The van der Waals surface area contributed by atoms with E-state index in [1.807, 2.05) is 18.2 Å². The number of thiazole rings is 1. The summed E-state index contributed by atoms with van der Waals surface area (Å²) in [4.78, 5) is 17.5. The molecule has 0 atom stereocenters. The van der Waals surface area contributed by atoms with Crippen molar-refractivity contribution in [2.24, 2.45) is 0 Å². The highest BCUT2D eigenvalue weighted by Gasteiger charge is 2.20. The van der Waals surface area contributed by atoms with E-state index in [0.717, 1.165) is 34.3 Å². The Morgan fingerprint density at radius 3 is 2.66 bits per heavy atom. The monoisotopic (exact) mass is 453 g/mol. The quantitative estimate of drug-likeness (QED) is 0.590. The maximum atomic E-state index is 14.1. The fraction of sp³-hybridized carbons (Fsp3) is 0.158. The average molecular weight is 454 g/mol. The molecule has 2 aromatic carbocycles. The van der Waals surface area contributed by atoms with Crippen molar-refractivity contribution in [2.45, 2.75) is 18.2 Å². The Bertz CT molecular complexity index is 1180. The summed E-state index contributed by atoms with van der Waals surface area (Å²) in [5.74, 6) is -1.61. The van der Waals surface area contributed by atoms with Gasteiger partial charge < -0.3 is 0 Å². The molecular formula is C19H17ClFN3O3S2. The number of carbonyl (C=O) groups is 1. The lowest BCUT2D eigenvalue weighted by Gasteiger charge is -2.07. The zero-order chi connectivity index (χ0) is 21.2. The molecule has 0 spiro atoms. The number of benzene rings is 2. The molecule has 1 amide bonds. The highest BCUT2D eigenvalue weighted by molar-refractivity contribution is 7.89. The van der Waals surface area contributed by atoms with Gasteiger partial charge in [0, 0.05) is 16.3 Å². The van der Waals surface area contributed by atoms with E-state index >= 15 is 0 Å². The van der Waals surface area contributed by atoms with Crippen LogP contribution in [0.2, 0.25) is 5.02 Å². The Morgan fingerprint density at radius 2 is 1.97 bits per heavy atom. The molecule has 0 aliphatic heterocycles. The summed E-state index contributed by atoms with van der Waals surface area (Å²) < 4.78 is 40.1. The smallest absolute Gasteiger partial charge is 0.260 e. The van der Waals surface area contributed by atoms with E-state index in [9.17, 15) is 17.6 Å². The van der Waals surface area contributed by atoms with Gasteiger partial charge in [-0.3, -0.25) is 10.1 Å². The Balaban J connectivity index is 1.83. The van der Waals surface area contributed by atoms with Crippen molar-refractivity contribution in [3.63, 3.8) is 0 Å². The Morgan fingerprint density at radius 1 is 1.24 bits per heavy atom. The van der Waals surface area contributed by atoms with Crippen molar-refractivity contribution >= 4 is 44.0 Å². The number of sulfonamides is 1. The van der Waals surface area contributed by atoms with Crippen LogP contribution in [0.15, 0.2) is 47.4 Å². The first-order chi connectivity index (χ1) is 13.7. The van der Waals surface area contributed by atoms with Gasteiger partial charge in [-0.25, -0.2) is 22.5 Å². The van der Waals surface area contributed by atoms with Crippen molar-refractivity contribution < 1.29 is 17.6 Å². The second kappa shape index (κ2) is 8.58. The second-order valence-electron chi connectivity index (χ2n) is 6.10. The van der Waals surface area contributed by atoms with Gasteiger partial charge in [-0.15, -0.1) is 11.3 Å². The SMILES string of the molecule is CNS(=O)(=O)c1ccc(F)c(C(=O)Nc2nc(C)c(Cc3ccccc3Cl)s2)c1. The second-order valence-corrected chi connectivity index (χ2v) is 9.48. The fourth-order valence-corrected chi connectivity index (χ4v) is 4.53. The number of rotatable bonds is 6. The molecule has 2 N–H and O–H groups in total. The van der Waals surface area contributed by atoms with Gasteiger partial charge in [0.25, 0.3) is 5.91 Å². The molecule has 0 aliphatic carbocycles. The predicted octanol–water partition coefficient (Wildman–Crippen LogP) is 4.00. The summed E-state index contributed by atoms with van der Waals surface area (Å²) in [6.07, 6.45) is 0.545. The maximum absolute atomic E-state index is 14.1. The third-order valence-electron chi connectivity index (χ3n) is 4.18. The number of anilines is 1. The van der Waals surface area contributed by atoms with Gasteiger partial charge in [0.2, 0.25) is 10.0 Å². The molecule has 0 fully saturated rings. The third-order valence-corrected chi connectivity index (χ3v) is 7.04. The summed E-state index contributed by atoms with van der Waals surface area (Å²) in [6, 6.07) is 10.4. The number of carbonyl (C=O) groups excluding carboxylic acids is 1. The number of halogens is 2. The molecule has 3 rings (SSSR count). The molecule has 0 bridgehead atoms. The topological polar surface area (TPSA) is 88.2 Å². The van der Waals surface area contributed by atoms with Gasteiger partial charge in [0.1, 0.15) is 5.82 Å². The van der Waals surface area contributed by atoms with Gasteiger partial charge in [0.15, 0.2) is 5.13 Å². The van der Waals surface area contributed by atoms with Gasteiger partial charge in [-0.1, -0.05) is 29.8 Å². The molecule has 3 aromatic rings. The molecule has 0 saturated carbocycles. The lowest BCUT2D eigenvalue weighted by molar-refractivity contribution is 0.102. The van der Waals surface area contributed by atoms with Crippen LogP contribution in [0.3, 0.4) is 0 Å². The average Bonchev–Trinajstić information content (AvgIpc) is 3.02. The van der Waals surface area contributed by atoms with Crippen molar-refractivity contribution in [3.8, 4) is 0 Å². The molecule has 0 saturated heterocycles. The number of aromatic nitrogens is 1. The molecule has 152 valence electrons. The van der Waals surface area contributed by atoms with E-state index in [1.54, 1.807) is 13.0 Å². The van der Waals surface area contributed by atoms with E-state index in [1.165, 1.54) is 18.4 Å². The number of nitrogens with zero attached hydrogens (tertiary/aromatic N) is 1. The van der Waals surface area contributed by atoms with Crippen LogP contribution in [-0.4, -0.2) is 26.4 Å². The Kier molecular flexibility index (Phi) is 6.33. The standard InChI is InChI=1S/C19H17ClFN3O3S2/c1-11-17(9-12-5-3-4-6-15(12)20)28-19(23-11)24-18(25)14-10-13(7-8-16(14)21)29(26,27)22-2/h3-8,10,22H,9H2,1-2H3,(H,23,24,25). The highest BCUT2D eigenvalue weighted by atomic mass is 35.5. The van der Waals surface area contributed by atoms with Crippen LogP contribution in [0.25, 0.3) is 0 Å². The minimum Gasteiger partial charge on any atom is -0.298 e. The minimum absolute atomic E-state index is 0.207. The van der Waals surface area contributed by atoms with Crippen LogP contribution in [0.1, 0.15) is 26.5 Å². The zero-order valence-electron chi connectivity index (χ0n) is 15.5. The summed E-state index contributed by atoms with van der Waals surface area (Å²) in [5, 5.41) is 3.46. The molecule has 0 unspecified atom stereocenters. The van der Waals surface area contributed by atoms with Crippen LogP contribution >= 0.6 is 22.9 Å². The van der Waals surface area contributed by atoms with E-state index in [0.29, 0.717) is 11.4 Å². The zero-order valence-corrected chi connectivity index (χ0v) is 17.9. The number of hydrogen-bond donors (Lipinski definition) is 2. The molecule has 1 aromatic heterocycles. The van der Waals surface area contributed by atoms with Crippen LogP contribution in [0.4, 0.5) is 9.52 Å². The maximum Gasteiger partial charge on any atom is 0.260 e. The molecular weight excluding hydrogens is 437 g/mol. The van der Waals surface area contributed by atoms with Crippen molar-refractivity contribution in [3.05, 3.63) is 75.0 Å². The lowest BCUT2D eigenvalue weighted by atomic mass is 10.1. The number of hydrogen-bond acceptors (Lipinski definition) is 5. The Labute approximate surface area is 176 Å². The van der Waals surface area contributed by atoms with Gasteiger partial charge >= 0.3 is 0 Å². The largest absolute Gasteiger partial charge is 0.298 e. The van der Waals surface area contributed by atoms with E-state index in [-0.39, 0.29) is 15.6 Å². The van der Waals surface area contributed by atoms with E-state index < -0.39 is 21.7 Å². The van der Waals surface area contributed by atoms with Crippen LogP contribution in [-0.2, 0) is 16.4 Å². The first-order valence-corrected chi connectivity index (χ1v) is 11.1. The minimum atomic E-state index is -3.81. The molecule has 6 nitrogen and oxygen atoms in total. The van der Waals surface area contributed by atoms with Crippen molar-refractivity contribution in [2.75, 3.05) is 12.4 Å². The van der Waals surface area contributed by atoms with Gasteiger partial charge in [-0.2, -0.15) is 0 Å². The summed E-state index contributed by atoms with van der Waals surface area (Å²) >= 11 is 7.45. The van der Waals surface area contributed by atoms with Gasteiger partial charge in [-0.05, 0) is 43.8 Å². The third kappa shape index (κ3) is 4.81. The Hall–Kier alpha value is -2.33. The normalized spacial score (nSPS) is 11.4. The van der Waals surface area contributed by atoms with Crippen molar-refractivity contribution in [1.82, 2.24) is 9.71 Å². The molecule has 0 aliphatic rings. The molecule has 10 heteroatoms. The van der Waals surface area contributed by atoms with Gasteiger partial charge in [0.05, 0.1) is 16.2 Å². The van der Waals surface area contributed by atoms with Crippen molar-refractivity contribution in [1.29, 1.82) is 0 Å². The first kappa shape index (κ1) is 21.4. The van der Waals surface area contributed by atoms with Crippen LogP contribution in [0.5, 0.6) is 0 Å². The number of nitrogens with one attached hydrogen (secondary N) is 2. The van der Waals surface area contributed by atoms with Crippen LogP contribution in [0, 0.1) is 12.7 Å².